The molecule has 0 aliphatic carbocycles. The summed E-state index contributed by atoms with van der Waals surface area (Å²) in [4.78, 5) is 25.2. The summed E-state index contributed by atoms with van der Waals surface area (Å²) in [5.41, 5.74) is 1.10. The number of nitrogens with one attached hydrogen (secondary N) is 1. The molecule has 0 aromatic heterocycles. The van der Waals surface area contributed by atoms with Gasteiger partial charge in [0.2, 0.25) is 11.8 Å². The van der Waals surface area contributed by atoms with Gasteiger partial charge in [-0.2, -0.15) is 0 Å². The quantitative estimate of drug-likeness (QED) is 0.830. The normalized spacial score (nSPS) is 11.8. The van der Waals surface area contributed by atoms with Gasteiger partial charge in [0.25, 0.3) is 0 Å². The van der Waals surface area contributed by atoms with Crippen molar-refractivity contribution in [3.63, 3.8) is 0 Å². The van der Waals surface area contributed by atoms with Gasteiger partial charge < -0.3 is 10.2 Å². The predicted molar refractivity (Wildman–Crippen MR) is 80.0 cm³/mol. The zero-order chi connectivity index (χ0) is 15.0. The molecule has 20 heavy (non-hydrogen) atoms. The Balaban J connectivity index is 2.30. The van der Waals surface area contributed by atoms with Crippen LogP contribution in [0.2, 0.25) is 0 Å². The monoisotopic (exact) mass is 276 g/mol. The topological polar surface area (TPSA) is 49.4 Å². The maximum absolute atomic E-state index is 11.9. The van der Waals surface area contributed by atoms with Gasteiger partial charge in [-0.05, 0) is 12.0 Å². The molecule has 4 nitrogen and oxygen atoms in total. The molecule has 110 valence electrons. The molecule has 0 heterocycles. The van der Waals surface area contributed by atoms with E-state index in [2.05, 4.69) is 5.32 Å². The smallest absolute Gasteiger partial charge is 0.224 e. The minimum Gasteiger partial charge on any atom is -0.355 e. The Bertz CT molecular complexity index is 431. The molecule has 1 N–H and O–H groups in total. The highest BCUT2D eigenvalue weighted by atomic mass is 16.2. The molecular formula is C16H24N2O2. The summed E-state index contributed by atoms with van der Waals surface area (Å²) >= 11 is 0. The first-order valence-corrected chi connectivity index (χ1v) is 7.10. The van der Waals surface area contributed by atoms with E-state index in [0.717, 1.165) is 12.0 Å². The molecule has 0 unspecified atom stereocenters. The highest BCUT2D eigenvalue weighted by Crippen LogP contribution is 2.04. The van der Waals surface area contributed by atoms with Crippen LogP contribution in [0.15, 0.2) is 30.3 Å². The highest BCUT2D eigenvalue weighted by Gasteiger charge is 2.12. The van der Waals surface area contributed by atoms with E-state index in [1.54, 1.807) is 11.9 Å². The van der Waals surface area contributed by atoms with E-state index < -0.39 is 0 Å². The first kappa shape index (κ1) is 16.2. The van der Waals surface area contributed by atoms with Crippen LogP contribution in [0.3, 0.4) is 0 Å². The van der Waals surface area contributed by atoms with Crippen molar-refractivity contribution in [3.8, 4) is 0 Å². The third-order valence-electron chi connectivity index (χ3n) is 3.39. The van der Waals surface area contributed by atoms with Crippen molar-refractivity contribution in [1.29, 1.82) is 0 Å². The number of carbonyl (C=O) groups excluding carboxylic acids is 2. The summed E-state index contributed by atoms with van der Waals surface area (Å²) in [5.74, 6) is 0.0662. The molecule has 2 amide bonds. The van der Waals surface area contributed by atoms with Gasteiger partial charge in [-0.25, -0.2) is 0 Å². The van der Waals surface area contributed by atoms with E-state index in [4.69, 9.17) is 0 Å². The Kier molecular flexibility index (Phi) is 6.77. The number of benzene rings is 1. The number of hydrogen-bond acceptors (Lipinski definition) is 2. The molecule has 0 saturated carbocycles. The summed E-state index contributed by atoms with van der Waals surface area (Å²) in [5, 5.41) is 2.80. The summed E-state index contributed by atoms with van der Waals surface area (Å²) in [6.45, 7) is 4.86. The van der Waals surface area contributed by atoms with Crippen LogP contribution in [0, 0.1) is 5.92 Å². The van der Waals surface area contributed by atoms with Crippen LogP contribution in [0.25, 0.3) is 0 Å². The minimum absolute atomic E-state index is 0.00662. The molecule has 1 atom stereocenters. The molecule has 0 aliphatic rings. The second kappa shape index (κ2) is 8.35. The maximum atomic E-state index is 11.9. The Labute approximate surface area is 121 Å². The van der Waals surface area contributed by atoms with Crippen molar-refractivity contribution >= 4 is 11.8 Å². The van der Waals surface area contributed by atoms with Gasteiger partial charge in [-0.1, -0.05) is 44.2 Å². The van der Waals surface area contributed by atoms with Crippen LogP contribution < -0.4 is 5.32 Å². The van der Waals surface area contributed by atoms with Gasteiger partial charge in [-0.15, -0.1) is 0 Å². The third-order valence-corrected chi connectivity index (χ3v) is 3.39. The van der Waals surface area contributed by atoms with Crippen molar-refractivity contribution in [2.45, 2.75) is 33.2 Å². The lowest BCUT2D eigenvalue weighted by molar-refractivity contribution is -0.130. The Hall–Kier alpha value is -1.84. The second-order valence-corrected chi connectivity index (χ2v) is 5.09. The number of hydrogen-bond donors (Lipinski definition) is 1. The van der Waals surface area contributed by atoms with Gasteiger partial charge in [0.1, 0.15) is 0 Å². The largest absolute Gasteiger partial charge is 0.355 e. The fourth-order valence-electron chi connectivity index (χ4n) is 1.79. The average Bonchev–Trinajstić information content (AvgIpc) is 2.47. The Morgan fingerprint density at radius 1 is 1.25 bits per heavy atom. The molecule has 1 rings (SSSR count). The van der Waals surface area contributed by atoms with Gasteiger partial charge in [0.05, 0.1) is 0 Å². The van der Waals surface area contributed by atoms with Crippen molar-refractivity contribution < 1.29 is 9.59 Å². The predicted octanol–water partition coefficient (Wildman–Crippen LogP) is 2.20. The molecule has 0 saturated heterocycles. The number of carbonyl (C=O) groups is 2. The van der Waals surface area contributed by atoms with E-state index in [1.807, 2.05) is 44.2 Å². The lowest BCUT2D eigenvalue weighted by Crippen LogP contribution is -2.34. The molecule has 1 aromatic carbocycles. The standard InChI is InChI=1S/C16H24N2O2/c1-4-13(2)16(20)17-11-10-15(19)18(3)12-14-8-6-5-7-9-14/h5-9,13H,4,10-12H2,1-3H3,(H,17,20)/t13-/m0/s1. The summed E-state index contributed by atoms with van der Waals surface area (Å²) in [6, 6.07) is 9.86. The van der Waals surface area contributed by atoms with E-state index in [-0.39, 0.29) is 17.7 Å². The fraction of sp³-hybridized carbons (Fsp3) is 0.500. The zero-order valence-corrected chi connectivity index (χ0v) is 12.6. The summed E-state index contributed by atoms with van der Waals surface area (Å²) in [7, 11) is 1.78. The first-order valence-electron chi connectivity index (χ1n) is 7.10. The zero-order valence-electron chi connectivity index (χ0n) is 12.6. The number of rotatable bonds is 7. The Morgan fingerprint density at radius 2 is 1.90 bits per heavy atom. The van der Waals surface area contributed by atoms with E-state index in [0.29, 0.717) is 19.5 Å². The lowest BCUT2D eigenvalue weighted by Gasteiger charge is -2.17. The SMILES string of the molecule is CC[C@H](C)C(=O)NCCC(=O)N(C)Cc1ccccc1. The maximum Gasteiger partial charge on any atom is 0.224 e. The van der Waals surface area contributed by atoms with Gasteiger partial charge in [-0.3, -0.25) is 9.59 Å². The van der Waals surface area contributed by atoms with Gasteiger partial charge >= 0.3 is 0 Å². The van der Waals surface area contributed by atoms with Crippen LogP contribution >= 0.6 is 0 Å². The van der Waals surface area contributed by atoms with Crippen LogP contribution in [0.1, 0.15) is 32.3 Å². The molecular weight excluding hydrogens is 252 g/mol. The minimum atomic E-state index is 0.00662. The number of amides is 2. The molecule has 1 aromatic rings. The van der Waals surface area contributed by atoms with Gasteiger partial charge in [0.15, 0.2) is 0 Å². The third kappa shape index (κ3) is 5.43. The van der Waals surface area contributed by atoms with Crippen molar-refractivity contribution in [2.24, 2.45) is 5.92 Å². The van der Waals surface area contributed by atoms with Crippen LogP contribution in [0.4, 0.5) is 0 Å². The van der Waals surface area contributed by atoms with E-state index in [9.17, 15) is 9.59 Å². The van der Waals surface area contributed by atoms with Crippen molar-refractivity contribution in [1.82, 2.24) is 10.2 Å². The molecule has 0 spiro atoms. The second-order valence-electron chi connectivity index (χ2n) is 5.09. The highest BCUT2D eigenvalue weighted by molar-refractivity contribution is 5.80. The Morgan fingerprint density at radius 3 is 2.50 bits per heavy atom. The van der Waals surface area contributed by atoms with Crippen LogP contribution in [0.5, 0.6) is 0 Å². The average molecular weight is 276 g/mol. The van der Waals surface area contributed by atoms with Crippen molar-refractivity contribution in [2.75, 3.05) is 13.6 Å². The van der Waals surface area contributed by atoms with E-state index >= 15 is 0 Å². The molecule has 4 heteroatoms. The molecule has 0 bridgehead atoms. The lowest BCUT2D eigenvalue weighted by atomic mass is 10.1. The molecule has 0 radical (unpaired) electrons. The molecule has 0 fully saturated rings. The van der Waals surface area contributed by atoms with Crippen LogP contribution in [-0.4, -0.2) is 30.3 Å². The van der Waals surface area contributed by atoms with Gasteiger partial charge in [0, 0.05) is 32.5 Å². The fourth-order valence-corrected chi connectivity index (χ4v) is 1.79. The van der Waals surface area contributed by atoms with E-state index in [1.165, 1.54) is 0 Å². The number of nitrogens with zero attached hydrogens (tertiary/aromatic N) is 1. The summed E-state index contributed by atoms with van der Waals surface area (Å²) in [6.07, 6.45) is 1.15. The first-order chi connectivity index (χ1) is 9.54. The summed E-state index contributed by atoms with van der Waals surface area (Å²) < 4.78 is 0. The molecule has 0 aliphatic heterocycles. The van der Waals surface area contributed by atoms with Crippen molar-refractivity contribution in [3.05, 3.63) is 35.9 Å². The van der Waals surface area contributed by atoms with Crippen LogP contribution in [-0.2, 0) is 16.1 Å².